The van der Waals surface area contributed by atoms with E-state index in [2.05, 4.69) is 9.97 Å². The molecule has 0 bridgehead atoms. The van der Waals surface area contributed by atoms with E-state index in [4.69, 9.17) is 11.6 Å². The fraction of sp³-hybridized carbons (Fsp3) is 0.125. The maximum Gasteiger partial charge on any atom is 0.161 e. The number of rotatable bonds is 1. The quantitative estimate of drug-likeness (QED) is 0.606. The van der Waals surface area contributed by atoms with Crippen molar-refractivity contribution in [1.29, 1.82) is 0 Å². The van der Waals surface area contributed by atoms with Gasteiger partial charge in [0.15, 0.2) is 5.82 Å². The van der Waals surface area contributed by atoms with Crippen LogP contribution in [-0.4, -0.2) is 9.97 Å². The van der Waals surface area contributed by atoms with Gasteiger partial charge < -0.3 is 0 Å². The summed E-state index contributed by atoms with van der Waals surface area (Å²) < 4.78 is 13.3. The van der Waals surface area contributed by atoms with Crippen LogP contribution in [0.3, 0.4) is 0 Å². The highest BCUT2D eigenvalue weighted by molar-refractivity contribution is 6.34. The van der Waals surface area contributed by atoms with Gasteiger partial charge in [-0.15, -0.1) is 0 Å². The number of aromatic nitrogens is 2. The van der Waals surface area contributed by atoms with Crippen LogP contribution in [0.1, 0.15) is 11.1 Å². The number of fused-ring (bicyclic) bond motifs is 1. The van der Waals surface area contributed by atoms with Crippen LogP contribution >= 0.6 is 11.6 Å². The van der Waals surface area contributed by atoms with Crippen LogP contribution in [-0.2, 0) is 0 Å². The third kappa shape index (κ3) is 2.14. The second kappa shape index (κ2) is 4.84. The zero-order valence-corrected chi connectivity index (χ0v) is 11.9. The van der Waals surface area contributed by atoms with Crippen LogP contribution in [0.25, 0.3) is 22.3 Å². The Hall–Kier alpha value is -2.00. The van der Waals surface area contributed by atoms with E-state index in [0.29, 0.717) is 21.9 Å². The lowest BCUT2D eigenvalue weighted by atomic mass is 10.0. The lowest BCUT2D eigenvalue weighted by Crippen LogP contribution is -1.95. The Morgan fingerprint density at radius 3 is 2.65 bits per heavy atom. The van der Waals surface area contributed by atoms with Crippen LogP contribution in [0.4, 0.5) is 4.39 Å². The predicted octanol–water partition coefficient (Wildman–Crippen LogP) is 4.71. The zero-order chi connectivity index (χ0) is 14.3. The minimum atomic E-state index is -0.334. The van der Waals surface area contributed by atoms with Crippen LogP contribution in [0.5, 0.6) is 0 Å². The summed E-state index contributed by atoms with van der Waals surface area (Å²) in [4.78, 5) is 8.77. The molecule has 0 atom stereocenters. The largest absolute Gasteiger partial charge is 0.228 e. The van der Waals surface area contributed by atoms with Gasteiger partial charge in [0.1, 0.15) is 11.0 Å². The molecule has 2 aromatic carbocycles. The van der Waals surface area contributed by atoms with Gasteiger partial charge in [-0.3, -0.25) is 0 Å². The average molecular weight is 287 g/mol. The number of halogens is 2. The van der Waals surface area contributed by atoms with Gasteiger partial charge in [-0.25, -0.2) is 14.4 Å². The van der Waals surface area contributed by atoms with E-state index < -0.39 is 0 Å². The summed E-state index contributed by atoms with van der Waals surface area (Å²) in [6.07, 6.45) is 0. The Labute approximate surface area is 121 Å². The molecule has 0 aliphatic rings. The highest BCUT2D eigenvalue weighted by atomic mass is 35.5. The second-order valence-electron chi connectivity index (χ2n) is 4.75. The molecule has 1 aromatic heterocycles. The first-order chi connectivity index (χ1) is 9.56. The summed E-state index contributed by atoms with van der Waals surface area (Å²) >= 11 is 6.18. The lowest BCUT2D eigenvalue weighted by molar-refractivity contribution is 0.629. The van der Waals surface area contributed by atoms with Crippen molar-refractivity contribution >= 4 is 22.5 Å². The van der Waals surface area contributed by atoms with Gasteiger partial charge in [-0.05, 0) is 37.1 Å². The van der Waals surface area contributed by atoms with Crippen molar-refractivity contribution in [2.24, 2.45) is 0 Å². The van der Waals surface area contributed by atoms with Gasteiger partial charge in [-0.1, -0.05) is 29.8 Å². The molecular formula is C16H12ClFN2. The summed E-state index contributed by atoms with van der Waals surface area (Å²) in [5.74, 6) is 0.188. The standard InChI is InChI=1S/C16H12ClFN2/c1-9-4-3-5-12(10(9)2)16-19-14-8-11(18)6-7-13(14)15(17)20-16/h3-8H,1-2H3. The highest BCUT2D eigenvalue weighted by Gasteiger charge is 2.11. The molecule has 3 aromatic rings. The number of hydrogen-bond donors (Lipinski definition) is 0. The summed E-state index contributed by atoms with van der Waals surface area (Å²) in [6, 6.07) is 10.2. The average Bonchev–Trinajstić information content (AvgIpc) is 2.41. The molecule has 0 saturated carbocycles. The monoisotopic (exact) mass is 286 g/mol. The first kappa shape index (κ1) is 13.0. The maximum atomic E-state index is 13.3. The Balaban J connectivity index is 2.29. The molecule has 0 N–H and O–H groups in total. The molecule has 3 rings (SSSR count). The van der Waals surface area contributed by atoms with E-state index in [1.165, 1.54) is 12.1 Å². The Bertz CT molecular complexity index is 815. The van der Waals surface area contributed by atoms with Crippen molar-refractivity contribution in [1.82, 2.24) is 9.97 Å². The molecule has 0 fully saturated rings. The Morgan fingerprint density at radius 1 is 1.05 bits per heavy atom. The topological polar surface area (TPSA) is 25.8 Å². The molecule has 0 aliphatic heterocycles. The molecule has 1 heterocycles. The molecule has 0 radical (unpaired) electrons. The van der Waals surface area contributed by atoms with Crippen molar-refractivity contribution < 1.29 is 4.39 Å². The van der Waals surface area contributed by atoms with Gasteiger partial charge in [0.25, 0.3) is 0 Å². The normalized spacial score (nSPS) is 11.0. The Morgan fingerprint density at radius 2 is 1.85 bits per heavy atom. The van der Waals surface area contributed by atoms with E-state index in [1.54, 1.807) is 6.07 Å². The number of benzene rings is 2. The van der Waals surface area contributed by atoms with E-state index in [-0.39, 0.29) is 5.82 Å². The fourth-order valence-electron chi connectivity index (χ4n) is 2.18. The number of aryl methyl sites for hydroxylation is 1. The van der Waals surface area contributed by atoms with E-state index in [9.17, 15) is 4.39 Å². The molecule has 4 heteroatoms. The first-order valence-corrected chi connectivity index (χ1v) is 6.63. The van der Waals surface area contributed by atoms with E-state index in [0.717, 1.165) is 16.7 Å². The summed E-state index contributed by atoms with van der Waals surface area (Å²) in [7, 11) is 0. The highest BCUT2D eigenvalue weighted by Crippen LogP contribution is 2.28. The van der Waals surface area contributed by atoms with Crippen LogP contribution < -0.4 is 0 Å². The molecule has 0 saturated heterocycles. The zero-order valence-electron chi connectivity index (χ0n) is 11.1. The lowest BCUT2D eigenvalue weighted by Gasteiger charge is -2.09. The van der Waals surface area contributed by atoms with E-state index >= 15 is 0 Å². The fourth-order valence-corrected chi connectivity index (χ4v) is 2.42. The van der Waals surface area contributed by atoms with Crippen LogP contribution in [0, 0.1) is 19.7 Å². The molecular weight excluding hydrogens is 275 g/mol. The van der Waals surface area contributed by atoms with Crippen LogP contribution in [0.2, 0.25) is 5.15 Å². The summed E-state index contributed by atoms with van der Waals surface area (Å²) in [5, 5.41) is 0.994. The minimum absolute atomic E-state index is 0.334. The third-order valence-corrected chi connectivity index (χ3v) is 3.75. The third-order valence-electron chi connectivity index (χ3n) is 3.46. The minimum Gasteiger partial charge on any atom is -0.228 e. The molecule has 0 unspecified atom stereocenters. The number of hydrogen-bond acceptors (Lipinski definition) is 2. The molecule has 0 aliphatic carbocycles. The van der Waals surface area contributed by atoms with Crippen molar-refractivity contribution in [2.45, 2.75) is 13.8 Å². The first-order valence-electron chi connectivity index (χ1n) is 6.25. The Kier molecular flexibility index (Phi) is 3.14. The SMILES string of the molecule is Cc1cccc(-c2nc(Cl)c3ccc(F)cc3n2)c1C. The van der Waals surface area contributed by atoms with Crippen molar-refractivity contribution in [2.75, 3.05) is 0 Å². The van der Waals surface area contributed by atoms with Gasteiger partial charge in [0.05, 0.1) is 5.52 Å². The predicted molar refractivity (Wildman–Crippen MR) is 79.4 cm³/mol. The summed E-state index contributed by atoms with van der Waals surface area (Å²) in [5.41, 5.74) is 3.68. The van der Waals surface area contributed by atoms with Gasteiger partial charge in [0, 0.05) is 17.0 Å². The second-order valence-corrected chi connectivity index (χ2v) is 5.10. The van der Waals surface area contributed by atoms with Crippen molar-refractivity contribution in [3.63, 3.8) is 0 Å². The van der Waals surface area contributed by atoms with Crippen molar-refractivity contribution in [3.05, 3.63) is 58.5 Å². The van der Waals surface area contributed by atoms with Crippen molar-refractivity contribution in [3.8, 4) is 11.4 Å². The van der Waals surface area contributed by atoms with E-state index in [1.807, 2.05) is 32.0 Å². The van der Waals surface area contributed by atoms with Gasteiger partial charge >= 0.3 is 0 Å². The maximum absolute atomic E-state index is 13.3. The molecule has 0 amide bonds. The molecule has 0 spiro atoms. The van der Waals surface area contributed by atoms with Crippen LogP contribution in [0.15, 0.2) is 36.4 Å². The number of nitrogens with zero attached hydrogens (tertiary/aromatic N) is 2. The molecule has 20 heavy (non-hydrogen) atoms. The van der Waals surface area contributed by atoms with Gasteiger partial charge in [0.2, 0.25) is 0 Å². The molecule has 100 valence electrons. The smallest absolute Gasteiger partial charge is 0.161 e. The summed E-state index contributed by atoms with van der Waals surface area (Å²) in [6.45, 7) is 4.04. The van der Waals surface area contributed by atoms with Gasteiger partial charge in [-0.2, -0.15) is 0 Å². The molecule has 2 nitrogen and oxygen atoms in total.